The first-order chi connectivity index (χ1) is 16.4. The third-order valence-corrected chi connectivity index (χ3v) is 5.84. The van der Waals surface area contributed by atoms with Gasteiger partial charge < -0.3 is 24.4 Å². The first-order valence-corrected chi connectivity index (χ1v) is 10.8. The number of esters is 1. The zero-order valence-corrected chi connectivity index (χ0v) is 19.0. The number of ether oxygens (including phenoxy) is 3. The van der Waals surface area contributed by atoms with Crippen LogP contribution in [-0.2, 0) is 33.8 Å². The molecular weight excluding hydrogens is 442 g/mol. The molecule has 178 valence electrons. The third-order valence-electron chi connectivity index (χ3n) is 5.84. The lowest BCUT2D eigenvalue weighted by molar-refractivity contribution is -0.135. The van der Waals surface area contributed by atoms with Crippen molar-refractivity contribution in [2.45, 2.75) is 19.5 Å². The Bertz CT molecular complexity index is 1130. The number of fused-ring (bicyclic) bond motifs is 1. The van der Waals surface area contributed by atoms with Crippen molar-refractivity contribution in [3.8, 4) is 11.5 Å². The van der Waals surface area contributed by atoms with Gasteiger partial charge in [0.05, 0.1) is 32.9 Å². The highest BCUT2D eigenvalue weighted by atomic mass is 16.5. The number of benzene rings is 2. The molecule has 10 heteroatoms. The van der Waals surface area contributed by atoms with Crippen LogP contribution in [0.4, 0.5) is 4.79 Å². The number of carbonyl (C=O) groups is 4. The van der Waals surface area contributed by atoms with Crippen LogP contribution in [-0.4, -0.2) is 67.5 Å². The van der Waals surface area contributed by atoms with Crippen LogP contribution in [0.5, 0.6) is 11.5 Å². The van der Waals surface area contributed by atoms with E-state index in [1.807, 2.05) is 12.1 Å². The van der Waals surface area contributed by atoms with E-state index < -0.39 is 18.6 Å². The van der Waals surface area contributed by atoms with Gasteiger partial charge in [-0.25, -0.2) is 9.59 Å². The zero-order valence-electron chi connectivity index (χ0n) is 19.0. The van der Waals surface area contributed by atoms with Crippen LogP contribution in [0, 0.1) is 0 Å². The van der Waals surface area contributed by atoms with Crippen molar-refractivity contribution in [2.75, 3.05) is 33.9 Å². The molecule has 0 aromatic heterocycles. The van der Waals surface area contributed by atoms with E-state index in [0.717, 1.165) is 16.0 Å². The Hall–Kier alpha value is -4.08. The Kier molecular flexibility index (Phi) is 6.67. The van der Waals surface area contributed by atoms with Crippen molar-refractivity contribution in [1.29, 1.82) is 0 Å². The monoisotopic (exact) mass is 467 g/mol. The Morgan fingerprint density at radius 3 is 2.44 bits per heavy atom. The molecule has 34 heavy (non-hydrogen) atoms. The molecule has 0 aliphatic carbocycles. The Labute approximate surface area is 196 Å². The molecule has 0 spiro atoms. The molecule has 2 aliphatic rings. The fraction of sp³-hybridized carbons (Fsp3) is 0.333. The molecule has 2 aromatic rings. The molecule has 1 saturated heterocycles. The standard InChI is InChI=1S/C24H25N3O7/c1-32-19-9-16-6-7-26(13-18(16)10-20(19)33-2)22(29)14-34-23(30)17-5-3-4-15(8-17)12-27-21(28)11-25-24(27)31/h3-5,8-10H,6-7,11-14H2,1-2H3,(H,25,31). The number of rotatable bonds is 7. The average molecular weight is 467 g/mol. The van der Waals surface area contributed by atoms with E-state index in [4.69, 9.17) is 14.2 Å². The molecule has 1 N–H and O–H groups in total. The SMILES string of the molecule is COc1cc2c(cc1OC)CN(C(=O)COC(=O)c1cccc(CN3C(=O)CNC3=O)c1)CC2. The third kappa shape index (κ3) is 4.80. The Morgan fingerprint density at radius 2 is 1.76 bits per heavy atom. The number of hydrogen-bond acceptors (Lipinski definition) is 7. The van der Waals surface area contributed by atoms with E-state index in [-0.39, 0.29) is 30.5 Å². The highest BCUT2D eigenvalue weighted by Gasteiger charge is 2.28. The van der Waals surface area contributed by atoms with Gasteiger partial charge in [0, 0.05) is 13.1 Å². The van der Waals surface area contributed by atoms with Crippen LogP contribution < -0.4 is 14.8 Å². The van der Waals surface area contributed by atoms with Gasteiger partial charge in [-0.15, -0.1) is 0 Å². The number of hydrogen-bond donors (Lipinski definition) is 1. The Morgan fingerprint density at radius 1 is 1.03 bits per heavy atom. The van der Waals surface area contributed by atoms with Gasteiger partial charge in [-0.05, 0) is 47.4 Å². The van der Waals surface area contributed by atoms with Gasteiger partial charge in [0.2, 0.25) is 5.91 Å². The number of imide groups is 1. The quantitative estimate of drug-likeness (QED) is 0.485. The van der Waals surface area contributed by atoms with Crippen molar-refractivity contribution in [1.82, 2.24) is 15.1 Å². The summed E-state index contributed by atoms with van der Waals surface area (Å²) in [6, 6.07) is 9.74. The second-order valence-electron chi connectivity index (χ2n) is 7.96. The van der Waals surface area contributed by atoms with Gasteiger partial charge in [0.15, 0.2) is 18.1 Å². The minimum Gasteiger partial charge on any atom is -0.493 e. The van der Waals surface area contributed by atoms with Crippen LogP contribution in [0.25, 0.3) is 0 Å². The second kappa shape index (κ2) is 9.82. The predicted molar refractivity (Wildman–Crippen MR) is 119 cm³/mol. The maximum Gasteiger partial charge on any atom is 0.338 e. The number of methoxy groups -OCH3 is 2. The summed E-state index contributed by atoms with van der Waals surface area (Å²) in [7, 11) is 3.14. The van der Waals surface area contributed by atoms with Crippen LogP contribution in [0.15, 0.2) is 36.4 Å². The van der Waals surface area contributed by atoms with E-state index >= 15 is 0 Å². The molecular formula is C24H25N3O7. The first kappa shape index (κ1) is 23.1. The van der Waals surface area contributed by atoms with E-state index in [1.165, 1.54) is 0 Å². The van der Waals surface area contributed by atoms with Gasteiger partial charge in [-0.1, -0.05) is 12.1 Å². The average Bonchev–Trinajstić information content (AvgIpc) is 3.18. The van der Waals surface area contributed by atoms with Crippen molar-refractivity contribution < 1.29 is 33.4 Å². The summed E-state index contributed by atoms with van der Waals surface area (Å²) in [5.41, 5.74) is 2.87. The van der Waals surface area contributed by atoms with Crippen molar-refractivity contribution in [3.05, 3.63) is 58.7 Å². The predicted octanol–water partition coefficient (Wildman–Crippen LogP) is 1.50. The summed E-state index contributed by atoms with van der Waals surface area (Å²) in [5.74, 6) is -0.0508. The topological polar surface area (TPSA) is 114 Å². The van der Waals surface area contributed by atoms with Gasteiger partial charge in [-0.2, -0.15) is 0 Å². The number of nitrogens with one attached hydrogen (secondary N) is 1. The highest BCUT2D eigenvalue weighted by Crippen LogP contribution is 2.33. The van der Waals surface area contributed by atoms with E-state index in [9.17, 15) is 19.2 Å². The minimum absolute atomic E-state index is 0.0377. The molecule has 2 aliphatic heterocycles. The molecule has 2 aromatic carbocycles. The number of carbonyl (C=O) groups excluding carboxylic acids is 4. The van der Waals surface area contributed by atoms with Gasteiger partial charge in [0.1, 0.15) is 0 Å². The molecule has 4 rings (SSSR count). The van der Waals surface area contributed by atoms with Crippen molar-refractivity contribution in [3.63, 3.8) is 0 Å². The van der Waals surface area contributed by atoms with Gasteiger partial charge in [-0.3, -0.25) is 14.5 Å². The number of nitrogens with zero attached hydrogens (tertiary/aromatic N) is 2. The van der Waals surface area contributed by atoms with E-state index in [0.29, 0.717) is 36.6 Å². The van der Waals surface area contributed by atoms with Gasteiger partial charge in [0.25, 0.3) is 5.91 Å². The molecule has 0 saturated carbocycles. The lowest BCUT2D eigenvalue weighted by atomic mass is 9.99. The molecule has 4 amide bonds. The smallest absolute Gasteiger partial charge is 0.338 e. The molecule has 0 bridgehead atoms. The largest absolute Gasteiger partial charge is 0.493 e. The van der Waals surface area contributed by atoms with E-state index in [2.05, 4.69) is 5.32 Å². The number of urea groups is 1. The fourth-order valence-electron chi connectivity index (χ4n) is 3.99. The fourth-order valence-corrected chi connectivity index (χ4v) is 3.99. The van der Waals surface area contributed by atoms with Crippen LogP contribution in [0.2, 0.25) is 0 Å². The highest BCUT2D eigenvalue weighted by molar-refractivity contribution is 6.01. The summed E-state index contributed by atoms with van der Waals surface area (Å²) in [6.07, 6.45) is 0.653. The van der Waals surface area contributed by atoms with Crippen LogP contribution >= 0.6 is 0 Å². The lowest BCUT2D eigenvalue weighted by Crippen LogP contribution is -2.38. The molecule has 10 nitrogen and oxygen atoms in total. The van der Waals surface area contributed by atoms with Gasteiger partial charge >= 0.3 is 12.0 Å². The Balaban J connectivity index is 1.35. The van der Waals surface area contributed by atoms with Crippen LogP contribution in [0.3, 0.4) is 0 Å². The zero-order chi connectivity index (χ0) is 24.2. The van der Waals surface area contributed by atoms with E-state index in [1.54, 1.807) is 43.4 Å². The molecule has 0 radical (unpaired) electrons. The summed E-state index contributed by atoms with van der Waals surface area (Å²) >= 11 is 0. The number of amides is 4. The maximum atomic E-state index is 12.7. The summed E-state index contributed by atoms with van der Waals surface area (Å²) in [4.78, 5) is 51.4. The summed E-state index contributed by atoms with van der Waals surface area (Å²) in [5, 5.41) is 2.45. The normalized spacial score (nSPS) is 15.0. The lowest BCUT2D eigenvalue weighted by Gasteiger charge is -2.29. The maximum absolute atomic E-state index is 12.7. The minimum atomic E-state index is -0.656. The summed E-state index contributed by atoms with van der Waals surface area (Å²) in [6.45, 7) is 0.503. The van der Waals surface area contributed by atoms with Crippen molar-refractivity contribution >= 4 is 23.8 Å². The summed E-state index contributed by atoms with van der Waals surface area (Å²) < 4.78 is 15.9. The molecule has 0 atom stereocenters. The second-order valence-corrected chi connectivity index (χ2v) is 7.96. The molecule has 2 heterocycles. The molecule has 1 fully saturated rings. The van der Waals surface area contributed by atoms with Crippen molar-refractivity contribution in [2.24, 2.45) is 0 Å². The van der Waals surface area contributed by atoms with Crippen LogP contribution in [0.1, 0.15) is 27.0 Å². The molecule has 0 unspecified atom stereocenters. The first-order valence-electron chi connectivity index (χ1n) is 10.8.